The summed E-state index contributed by atoms with van der Waals surface area (Å²) in [4.78, 5) is 30.1. The third kappa shape index (κ3) is 3.82. The average Bonchev–Trinajstić information content (AvgIpc) is 3.32. The van der Waals surface area contributed by atoms with Crippen LogP contribution in [0.4, 0.5) is 4.39 Å². The standard InChI is InChI=1S/C27H22FN5O3/c1-16-4-3-5-21-25(16)18(14-31(21)2)15-32-22-11-10-20(13-29)30-26(22)33(27(32)36)23(12-24(34)35)17-6-8-19(28)9-7-17/h3-11,14,23H,12,15H2,1-2H3,(H,34,35)/t23-/m1/s1. The van der Waals surface area contributed by atoms with Crippen molar-refractivity contribution < 1.29 is 14.3 Å². The van der Waals surface area contributed by atoms with E-state index in [1.54, 1.807) is 10.6 Å². The monoisotopic (exact) mass is 483 g/mol. The number of carboxylic acid groups (broad SMARTS) is 1. The number of fused-ring (bicyclic) bond motifs is 2. The summed E-state index contributed by atoms with van der Waals surface area (Å²) in [5.74, 6) is -1.60. The van der Waals surface area contributed by atoms with Crippen molar-refractivity contribution in [3.05, 3.63) is 99.5 Å². The average molecular weight is 484 g/mol. The molecular formula is C27H22FN5O3. The molecule has 36 heavy (non-hydrogen) atoms. The van der Waals surface area contributed by atoms with Crippen LogP contribution >= 0.6 is 0 Å². The maximum absolute atomic E-state index is 13.9. The first kappa shape index (κ1) is 23.1. The highest BCUT2D eigenvalue weighted by atomic mass is 19.1. The van der Waals surface area contributed by atoms with Crippen LogP contribution in [-0.2, 0) is 18.4 Å². The molecule has 0 radical (unpaired) electrons. The minimum atomic E-state index is -1.13. The van der Waals surface area contributed by atoms with Gasteiger partial charge in [-0.15, -0.1) is 0 Å². The molecular weight excluding hydrogens is 461 g/mol. The summed E-state index contributed by atoms with van der Waals surface area (Å²) in [6.07, 6.45) is 1.55. The summed E-state index contributed by atoms with van der Waals surface area (Å²) in [6, 6.07) is 15.6. The van der Waals surface area contributed by atoms with Crippen molar-refractivity contribution in [3.63, 3.8) is 0 Å². The van der Waals surface area contributed by atoms with Gasteiger partial charge in [0.05, 0.1) is 24.5 Å². The molecule has 5 rings (SSSR count). The number of carbonyl (C=O) groups is 1. The second-order valence-electron chi connectivity index (χ2n) is 8.79. The van der Waals surface area contributed by atoms with E-state index in [0.29, 0.717) is 11.1 Å². The maximum Gasteiger partial charge on any atom is 0.331 e. The summed E-state index contributed by atoms with van der Waals surface area (Å²) >= 11 is 0. The van der Waals surface area contributed by atoms with E-state index >= 15 is 0 Å². The molecule has 1 atom stereocenters. The number of pyridine rings is 1. The summed E-state index contributed by atoms with van der Waals surface area (Å²) in [5, 5.41) is 20.1. The van der Waals surface area contributed by atoms with Gasteiger partial charge in [0.25, 0.3) is 0 Å². The number of benzene rings is 2. The SMILES string of the molecule is Cc1cccc2c1c(Cn1c(=O)n([C@H](CC(=O)O)c3ccc(F)cc3)c3nc(C#N)ccc31)cn2C. The molecule has 0 fully saturated rings. The fourth-order valence-electron chi connectivity index (χ4n) is 4.88. The van der Waals surface area contributed by atoms with Crippen molar-refractivity contribution in [3.8, 4) is 6.07 Å². The zero-order valence-corrected chi connectivity index (χ0v) is 19.6. The lowest BCUT2D eigenvalue weighted by atomic mass is 10.0. The van der Waals surface area contributed by atoms with Crippen LogP contribution in [0.2, 0.25) is 0 Å². The number of imidazole rings is 1. The number of aryl methyl sites for hydroxylation is 2. The van der Waals surface area contributed by atoms with E-state index < -0.39 is 29.9 Å². The van der Waals surface area contributed by atoms with E-state index in [-0.39, 0.29) is 17.9 Å². The predicted octanol–water partition coefficient (Wildman–Crippen LogP) is 4.12. The number of aromatic nitrogens is 4. The third-order valence-corrected chi connectivity index (χ3v) is 6.49. The van der Waals surface area contributed by atoms with Crippen LogP contribution < -0.4 is 5.69 Å². The van der Waals surface area contributed by atoms with Gasteiger partial charge < -0.3 is 9.67 Å². The highest BCUT2D eigenvalue weighted by molar-refractivity contribution is 5.87. The number of hydrogen-bond acceptors (Lipinski definition) is 4. The molecule has 8 nitrogen and oxygen atoms in total. The Hall–Kier alpha value is -4.71. The van der Waals surface area contributed by atoms with Gasteiger partial charge in [-0.3, -0.25) is 13.9 Å². The maximum atomic E-state index is 13.9. The Kier molecular flexibility index (Phi) is 5.65. The highest BCUT2D eigenvalue weighted by Gasteiger charge is 2.26. The number of nitrogens with zero attached hydrogens (tertiary/aromatic N) is 5. The van der Waals surface area contributed by atoms with Crippen molar-refractivity contribution in [1.29, 1.82) is 5.26 Å². The minimum absolute atomic E-state index is 0.0996. The quantitative estimate of drug-likeness (QED) is 0.391. The molecule has 0 aliphatic heterocycles. The molecule has 1 N–H and O–H groups in total. The molecule has 0 bridgehead atoms. The van der Waals surface area contributed by atoms with E-state index in [2.05, 4.69) is 4.98 Å². The Morgan fingerprint density at radius 1 is 1.14 bits per heavy atom. The van der Waals surface area contributed by atoms with Gasteiger partial charge in [-0.1, -0.05) is 24.3 Å². The Balaban J connectivity index is 1.76. The van der Waals surface area contributed by atoms with Crippen LogP contribution in [0, 0.1) is 24.1 Å². The van der Waals surface area contributed by atoms with Crippen LogP contribution in [0.15, 0.2) is 65.6 Å². The van der Waals surface area contributed by atoms with E-state index in [1.807, 2.05) is 49.0 Å². The number of rotatable bonds is 6. The van der Waals surface area contributed by atoms with Crippen molar-refractivity contribution >= 4 is 28.0 Å². The molecule has 0 saturated carbocycles. The van der Waals surface area contributed by atoms with Crippen LogP contribution in [-0.4, -0.2) is 29.8 Å². The molecule has 9 heteroatoms. The minimum Gasteiger partial charge on any atom is -0.481 e. The lowest BCUT2D eigenvalue weighted by Crippen LogP contribution is -2.30. The van der Waals surface area contributed by atoms with Crippen molar-refractivity contribution in [2.24, 2.45) is 7.05 Å². The first-order chi connectivity index (χ1) is 17.3. The molecule has 0 aliphatic rings. The first-order valence-electron chi connectivity index (χ1n) is 11.3. The molecule has 0 spiro atoms. The van der Waals surface area contributed by atoms with Gasteiger partial charge in [0, 0.05) is 24.1 Å². The topological polar surface area (TPSA) is 106 Å². The first-order valence-corrected chi connectivity index (χ1v) is 11.3. The smallest absolute Gasteiger partial charge is 0.331 e. The Bertz CT molecular complexity index is 1740. The molecule has 0 amide bonds. The molecule has 0 saturated heterocycles. The molecule has 3 heterocycles. The van der Waals surface area contributed by atoms with Crippen LogP contribution in [0.5, 0.6) is 0 Å². The lowest BCUT2D eigenvalue weighted by molar-refractivity contribution is -0.137. The fourth-order valence-corrected chi connectivity index (χ4v) is 4.88. The lowest BCUT2D eigenvalue weighted by Gasteiger charge is -2.17. The summed E-state index contributed by atoms with van der Waals surface area (Å²) < 4.78 is 18.5. The molecule has 0 aliphatic carbocycles. The van der Waals surface area contributed by atoms with Crippen molar-refractivity contribution in [2.75, 3.05) is 0 Å². The number of carboxylic acids is 1. The number of hydrogen-bond donors (Lipinski definition) is 1. The van der Waals surface area contributed by atoms with Gasteiger partial charge in [0.1, 0.15) is 17.6 Å². The summed E-state index contributed by atoms with van der Waals surface area (Å²) in [5.41, 5.74) is 3.78. The Morgan fingerprint density at radius 2 is 1.89 bits per heavy atom. The van der Waals surface area contributed by atoms with E-state index in [1.165, 1.54) is 34.9 Å². The largest absolute Gasteiger partial charge is 0.481 e. The molecule has 180 valence electrons. The summed E-state index contributed by atoms with van der Waals surface area (Å²) in [6.45, 7) is 2.23. The van der Waals surface area contributed by atoms with Crippen LogP contribution in [0.25, 0.3) is 22.1 Å². The van der Waals surface area contributed by atoms with Gasteiger partial charge in [-0.25, -0.2) is 14.2 Å². The van der Waals surface area contributed by atoms with E-state index in [0.717, 1.165) is 22.0 Å². The van der Waals surface area contributed by atoms with Crippen LogP contribution in [0.3, 0.4) is 0 Å². The van der Waals surface area contributed by atoms with E-state index in [4.69, 9.17) is 0 Å². The predicted molar refractivity (Wildman–Crippen MR) is 132 cm³/mol. The van der Waals surface area contributed by atoms with E-state index in [9.17, 15) is 24.3 Å². The van der Waals surface area contributed by atoms with Gasteiger partial charge in [-0.2, -0.15) is 5.26 Å². The fraction of sp³-hybridized carbons (Fsp3) is 0.185. The molecule has 5 aromatic rings. The molecule has 2 aromatic carbocycles. The van der Waals surface area contributed by atoms with Crippen molar-refractivity contribution in [1.82, 2.24) is 18.7 Å². The number of nitriles is 1. The van der Waals surface area contributed by atoms with Gasteiger partial charge in [-0.05, 0) is 53.9 Å². The normalized spacial score (nSPS) is 12.2. The van der Waals surface area contributed by atoms with Crippen molar-refractivity contribution in [2.45, 2.75) is 25.9 Å². The Morgan fingerprint density at radius 3 is 2.58 bits per heavy atom. The molecule has 0 unspecified atom stereocenters. The molecule has 3 aromatic heterocycles. The summed E-state index contributed by atoms with van der Waals surface area (Å²) in [7, 11) is 1.94. The second-order valence-corrected chi connectivity index (χ2v) is 8.79. The van der Waals surface area contributed by atoms with Crippen LogP contribution in [0.1, 0.15) is 34.8 Å². The zero-order chi connectivity index (χ0) is 25.6. The third-order valence-electron chi connectivity index (χ3n) is 6.49. The van der Waals surface area contributed by atoms with Gasteiger partial charge in [0.2, 0.25) is 0 Å². The highest BCUT2D eigenvalue weighted by Crippen LogP contribution is 2.28. The Labute approximate surface area is 205 Å². The van der Waals surface area contributed by atoms with Gasteiger partial charge >= 0.3 is 11.7 Å². The second kappa shape index (κ2) is 8.82. The number of halogens is 1. The zero-order valence-electron chi connectivity index (χ0n) is 19.6. The van der Waals surface area contributed by atoms with Gasteiger partial charge in [0.15, 0.2) is 5.65 Å². The number of aliphatic carboxylic acids is 1.